The van der Waals surface area contributed by atoms with Crippen molar-refractivity contribution in [1.82, 2.24) is 0 Å². The first kappa shape index (κ1) is 14.7. The van der Waals surface area contributed by atoms with Crippen LogP contribution in [0.4, 0.5) is 0 Å². The van der Waals surface area contributed by atoms with Crippen molar-refractivity contribution in [2.24, 2.45) is 4.99 Å². The highest BCUT2D eigenvalue weighted by molar-refractivity contribution is 6.07. The number of rotatable bonds is 3. The zero-order chi connectivity index (χ0) is 20.7. The molecule has 2 aromatic carbocycles. The second-order valence-corrected chi connectivity index (χ2v) is 6.32. The van der Waals surface area contributed by atoms with Gasteiger partial charge in [0.25, 0.3) is 0 Å². The van der Waals surface area contributed by atoms with Crippen molar-refractivity contribution in [3.63, 3.8) is 0 Å². The Morgan fingerprint density at radius 1 is 1.15 bits per heavy atom. The molecule has 1 heterocycles. The van der Waals surface area contributed by atoms with Gasteiger partial charge in [0.15, 0.2) is 0 Å². The normalized spacial score (nSPS) is 13.0. The zero-order valence-electron chi connectivity index (χ0n) is 17.0. The van der Waals surface area contributed by atoms with Gasteiger partial charge in [0.1, 0.15) is 11.3 Å². The molecule has 4 heteroatoms. The summed E-state index contributed by atoms with van der Waals surface area (Å²) in [6.45, 7) is 4.36. The number of hydrogen-bond donors (Lipinski definition) is 1. The maximum Gasteiger partial charge on any atom is 0.336 e. The van der Waals surface area contributed by atoms with Gasteiger partial charge >= 0.3 is 5.97 Å². The molecule has 0 aromatic heterocycles. The molecule has 0 unspecified atom stereocenters. The highest BCUT2D eigenvalue weighted by Crippen LogP contribution is 2.41. The van der Waals surface area contributed by atoms with Crippen molar-refractivity contribution in [1.29, 1.82) is 0 Å². The van der Waals surface area contributed by atoms with Gasteiger partial charge in [-0.25, -0.2) is 4.79 Å². The van der Waals surface area contributed by atoms with Crippen molar-refractivity contribution in [3.05, 3.63) is 77.1 Å². The maximum absolute atomic E-state index is 11.9. The third-order valence-electron chi connectivity index (χ3n) is 4.43. The minimum absolute atomic E-state index is 0.114. The van der Waals surface area contributed by atoms with Crippen molar-refractivity contribution in [2.75, 3.05) is 6.54 Å². The van der Waals surface area contributed by atoms with E-state index in [1.54, 1.807) is 36.4 Å². The summed E-state index contributed by atoms with van der Waals surface area (Å²) >= 11 is 0. The van der Waals surface area contributed by atoms with Crippen LogP contribution >= 0.6 is 0 Å². The molecule has 4 nitrogen and oxygen atoms in total. The fraction of sp³-hybridized carbons (Fsp3) is 0.130. The number of carboxylic acids is 1. The molecule has 0 radical (unpaired) electrons. The van der Waals surface area contributed by atoms with Gasteiger partial charge in [0.2, 0.25) is 0 Å². The van der Waals surface area contributed by atoms with Crippen molar-refractivity contribution >= 4 is 16.9 Å². The number of fused-ring (bicyclic) bond motifs is 2. The third kappa shape index (κ3) is 2.99. The molecule has 0 spiro atoms. The number of carboxylic acid groups (broad SMARTS) is 1. The monoisotopic (exact) mass is 359 g/mol. The number of hydrogen-bond acceptors (Lipinski definition) is 3. The molecule has 0 saturated heterocycles. The van der Waals surface area contributed by atoms with Crippen LogP contribution in [-0.4, -0.2) is 17.6 Å². The predicted molar refractivity (Wildman–Crippen MR) is 106 cm³/mol. The second-order valence-electron chi connectivity index (χ2n) is 6.32. The van der Waals surface area contributed by atoms with E-state index in [0.717, 1.165) is 5.56 Å². The van der Waals surface area contributed by atoms with E-state index in [1.807, 2.05) is 19.9 Å². The van der Waals surface area contributed by atoms with Crippen molar-refractivity contribution < 1.29 is 17.1 Å². The Morgan fingerprint density at radius 3 is 2.74 bits per heavy atom. The minimum Gasteiger partial charge on any atom is -0.478 e. The Balaban J connectivity index is 2.28. The zero-order valence-corrected chi connectivity index (χ0v) is 15.0. The smallest absolute Gasteiger partial charge is 0.336 e. The van der Waals surface area contributed by atoms with E-state index in [-0.39, 0.29) is 17.6 Å². The van der Waals surface area contributed by atoms with Gasteiger partial charge in [0, 0.05) is 29.1 Å². The Hall–Kier alpha value is -3.40. The van der Waals surface area contributed by atoms with Gasteiger partial charge in [-0.15, -0.1) is 0 Å². The van der Waals surface area contributed by atoms with E-state index < -0.39 is 5.97 Å². The van der Waals surface area contributed by atoms with Crippen LogP contribution in [0.1, 0.15) is 25.6 Å². The number of aromatic carboxylic acids is 1. The fourth-order valence-corrected chi connectivity index (χ4v) is 3.27. The molecule has 0 fully saturated rings. The molecule has 1 aliphatic carbocycles. The van der Waals surface area contributed by atoms with Crippen LogP contribution in [0.15, 0.2) is 70.0 Å². The minimum atomic E-state index is -1.06. The van der Waals surface area contributed by atoms with Gasteiger partial charge in [-0.1, -0.05) is 30.3 Å². The van der Waals surface area contributed by atoms with Gasteiger partial charge < -0.3 is 9.52 Å². The molecule has 1 N–H and O–H groups in total. The fourth-order valence-electron chi connectivity index (χ4n) is 3.27. The summed E-state index contributed by atoms with van der Waals surface area (Å²) < 4.78 is 23.2. The standard InChI is InChI=1S/C23H19NO3/c1-3-24-15-9-11-19-21(13-15)27-20-12-14(2)8-10-18(20)22(19)16-6-4-5-7-17(16)23(25)26/h4-13H,3H2,1-2H3,(H,25,26)/i10D,11D. The van der Waals surface area contributed by atoms with Crippen LogP contribution in [0, 0.1) is 6.92 Å². The summed E-state index contributed by atoms with van der Waals surface area (Å²) in [6, 6.07) is 14.0. The van der Waals surface area contributed by atoms with Gasteiger partial charge in [-0.3, -0.25) is 4.99 Å². The SMILES string of the molecule is [2H]c1cc(=NCC)cc2oc3cc(C)cc([2H])c3c(-c3ccccc3C(=O)O)c1-2. The lowest BCUT2D eigenvalue weighted by atomic mass is 9.90. The summed E-state index contributed by atoms with van der Waals surface area (Å²) in [7, 11) is 0. The summed E-state index contributed by atoms with van der Waals surface area (Å²) in [5.74, 6) is -0.622. The van der Waals surface area contributed by atoms with Gasteiger partial charge in [-0.2, -0.15) is 0 Å². The predicted octanol–water partition coefficient (Wildman–Crippen LogP) is 5.13. The van der Waals surface area contributed by atoms with Crippen molar-refractivity contribution in [2.45, 2.75) is 13.8 Å². The molecule has 0 amide bonds. The molecule has 2 aliphatic rings. The van der Waals surface area contributed by atoms with Crippen molar-refractivity contribution in [3.8, 4) is 22.5 Å². The van der Waals surface area contributed by atoms with E-state index >= 15 is 0 Å². The van der Waals surface area contributed by atoms with E-state index in [1.165, 1.54) is 6.07 Å². The molecule has 0 bridgehead atoms. The lowest BCUT2D eigenvalue weighted by molar-refractivity contribution is 0.0697. The molecule has 0 atom stereocenters. The highest BCUT2D eigenvalue weighted by Gasteiger charge is 2.20. The van der Waals surface area contributed by atoms with E-state index in [4.69, 9.17) is 7.16 Å². The van der Waals surface area contributed by atoms with Crippen LogP contribution in [-0.2, 0) is 0 Å². The molecule has 134 valence electrons. The number of carbonyl (C=O) groups is 1. The first-order valence-corrected chi connectivity index (χ1v) is 8.72. The van der Waals surface area contributed by atoms with Crippen LogP contribution in [0.25, 0.3) is 33.4 Å². The third-order valence-corrected chi connectivity index (χ3v) is 4.43. The number of nitrogens with zero attached hydrogens (tertiary/aromatic N) is 1. The largest absolute Gasteiger partial charge is 0.478 e. The molecule has 1 aliphatic heterocycles. The van der Waals surface area contributed by atoms with Gasteiger partial charge in [0.05, 0.1) is 13.7 Å². The van der Waals surface area contributed by atoms with Gasteiger partial charge in [-0.05, 0) is 49.2 Å². The molecule has 0 saturated carbocycles. The average molecular weight is 359 g/mol. The Bertz CT molecular complexity index is 1310. The summed E-state index contributed by atoms with van der Waals surface area (Å²) in [5.41, 5.74) is 2.91. The number of benzene rings is 3. The lowest BCUT2D eigenvalue weighted by Gasteiger charge is -2.17. The maximum atomic E-state index is 11.9. The average Bonchev–Trinajstić information content (AvgIpc) is 2.66. The highest BCUT2D eigenvalue weighted by atomic mass is 16.4. The van der Waals surface area contributed by atoms with Crippen LogP contribution in [0.5, 0.6) is 0 Å². The quantitative estimate of drug-likeness (QED) is 0.516. The van der Waals surface area contributed by atoms with E-state index in [0.29, 0.717) is 45.3 Å². The van der Waals surface area contributed by atoms with E-state index in [2.05, 4.69) is 4.99 Å². The number of aryl methyl sites for hydroxylation is 1. The van der Waals surface area contributed by atoms with Crippen LogP contribution in [0.3, 0.4) is 0 Å². The second kappa shape index (κ2) is 6.72. The molecular weight excluding hydrogens is 338 g/mol. The first-order chi connectivity index (χ1) is 13.9. The van der Waals surface area contributed by atoms with E-state index in [9.17, 15) is 9.90 Å². The van der Waals surface area contributed by atoms with Crippen LogP contribution < -0.4 is 5.36 Å². The molecular formula is C23H19NO3. The Labute approximate surface area is 159 Å². The lowest BCUT2D eigenvalue weighted by Crippen LogP contribution is -2.05. The topological polar surface area (TPSA) is 62.8 Å². The molecule has 27 heavy (non-hydrogen) atoms. The summed E-state index contributed by atoms with van der Waals surface area (Å²) in [6.07, 6.45) is 0. The van der Waals surface area contributed by atoms with Crippen LogP contribution in [0.2, 0.25) is 0 Å². The molecule has 2 aromatic rings. The molecule has 4 rings (SSSR count). The Kier molecular flexibility index (Phi) is 3.67. The Morgan fingerprint density at radius 2 is 1.96 bits per heavy atom. The summed E-state index contributed by atoms with van der Waals surface area (Å²) in [4.78, 5) is 16.3. The first-order valence-electron chi connectivity index (χ1n) is 9.72. The summed E-state index contributed by atoms with van der Waals surface area (Å²) in [5, 5.41) is 10.9.